The third kappa shape index (κ3) is 3.62. The summed E-state index contributed by atoms with van der Waals surface area (Å²) < 4.78 is 0.997. The van der Waals surface area contributed by atoms with Gasteiger partial charge in [0.2, 0.25) is 0 Å². The van der Waals surface area contributed by atoms with Crippen molar-refractivity contribution in [2.45, 2.75) is 20.3 Å². The van der Waals surface area contributed by atoms with Crippen molar-refractivity contribution in [3.63, 3.8) is 0 Å². The van der Waals surface area contributed by atoms with Crippen LogP contribution in [0.4, 0.5) is 11.4 Å². The molecule has 4 N–H and O–H groups in total. The Morgan fingerprint density at radius 1 is 1.19 bits per heavy atom. The molecule has 0 saturated carbocycles. The van der Waals surface area contributed by atoms with Crippen LogP contribution in [0.2, 0.25) is 0 Å². The molecule has 0 bridgehead atoms. The monoisotopic (exact) mass is 347 g/mol. The number of nitrogens with two attached hydrogens (primary N) is 1. The largest absolute Gasteiger partial charge is 0.323 e. The zero-order valence-corrected chi connectivity index (χ0v) is 13.6. The summed E-state index contributed by atoms with van der Waals surface area (Å²) in [6.45, 7) is 3.99. The van der Waals surface area contributed by atoms with Gasteiger partial charge in [-0.2, -0.15) is 0 Å². The minimum absolute atomic E-state index is 0.177. The van der Waals surface area contributed by atoms with Gasteiger partial charge < -0.3 is 10.7 Å². The van der Waals surface area contributed by atoms with Gasteiger partial charge in [0, 0.05) is 10.2 Å². The second kappa shape index (κ2) is 6.74. The molecule has 4 nitrogen and oxygen atoms in total. The fourth-order valence-corrected chi connectivity index (χ4v) is 2.55. The van der Waals surface area contributed by atoms with Crippen LogP contribution in [-0.4, -0.2) is 5.91 Å². The Morgan fingerprint density at radius 3 is 2.57 bits per heavy atom. The number of benzene rings is 2. The van der Waals surface area contributed by atoms with Gasteiger partial charge in [-0.1, -0.05) is 34.5 Å². The van der Waals surface area contributed by atoms with Crippen LogP contribution >= 0.6 is 15.9 Å². The van der Waals surface area contributed by atoms with E-state index in [0.717, 1.165) is 27.7 Å². The third-order valence-electron chi connectivity index (χ3n) is 3.27. The number of hydrogen-bond acceptors (Lipinski definition) is 3. The van der Waals surface area contributed by atoms with Crippen LogP contribution in [0.5, 0.6) is 0 Å². The molecule has 2 rings (SSSR count). The van der Waals surface area contributed by atoms with Gasteiger partial charge in [0.15, 0.2) is 0 Å². The molecule has 0 spiro atoms. The fourth-order valence-electron chi connectivity index (χ4n) is 2.14. The summed E-state index contributed by atoms with van der Waals surface area (Å²) in [5, 5.41) is 2.95. The number of anilines is 2. The Morgan fingerprint density at radius 2 is 1.90 bits per heavy atom. The third-order valence-corrected chi connectivity index (χ3v) is 3.76. The van der Waals surface area contributed by atoms with E-state index in [9.17, 15) is 4.79 Å². The highest BCUT2D eigenvalue weighted by molar-refractivity contribution is 9.10. The Bertz CT molecular complexity index is 671. The lowest BCUT2D eigenvalue weighted by Crippen LogP contribution is -2.18. The summed E-state index contributed by atoms with van der Waals surface area (Å²) in [6.07, 6.45) is 0.838. The number of hydrogen-bond donors (Lipinski definition) is 3. The van der Waals surface area contributed by atoms with Crippen molar-refractivity contribution >= 4 is 33.2 Å². The molecule has 0 radical (unpaired) electrons. The highest BCUT2D eigenvalue weighted by atomic mass is 79.9. The van der Waals surface area contributed by atoms with Gasteiger partial charge in [-0.15, -0.1) is 0 Å². The number of nitrogens with one attached hydrogen (secondary N) is 2. The maximum Gasteiger partial charge on any atom is 0.257 e. The van der Waals surface area contributed by atoms with Crippen LogP contribution in [0, 0.1) is 6.92 Å². The molecule has 0 aliphatic heterocycles. The van der Waals surface area contributed by atoms with Gasteiger partial charge in [0.1, 0.15) is 0 Å². The predicted octanol–water partition coefficient (Wildman–Crippen LogP) is 3.86. The van der Waals surface area contributed by atoms with E-state index in [1.807, 2.05) is 37.3 Å². The maximum absolute atomic E-state index is 12.5. The summed E-state index contributed by atoms with van der Waals surface area (Å²) in [5.41, 5.74) is 6.59. The average Bonchev–Trinajstić information content (AvgIpc) is 2.48. The number of aryl methyl sites for hydroxylation is 2. The minimum Gasteiger partial charge on any atom is -0.323 e. The fraction of sp³-hybridized carbons (Fsp3) is 0.188. The first kappa shape index (κ1) is 15.5. The summed E-state index contributed by atoms with van der Waals surface area (Å²) in [4.78, 5) is 12.5. The van der Waals surface area contributed by atoms with Crippen LogP contribution in [0.15, 0.2) is 40.9 Å². The van der Waals surface area contributed by atoms with Crippen molar-refractivity contribution in [2.24, 2.45) is 5.84 Å². The zero-order chi connectivity index (χ0) is 15.4. The molecular weight excluding hydrogens is 330 g/mol. The molecule has 2 aromatic carbocycles. The highest BCUT2D eigenvalue weighted by Crippen LogP contribution is 2.24. The smallest absolute Gasteiger partial charge is 0.257 e. The van der Waals surface area contributed by atoms with Crippen molar-refractivity contribution in [3.8, 4) is 0 Å². The molecule has 0 aliphatic rings. The minimum atomic E-state index is -0.177. The molecule has 0 saturated heterocycles. The molecule has 0 heterocycles. The molecule has 1 amide bonds. The molecule has 2 aromatic rings. The second-order valence-electron chi connectivity index (χ2n) is 4.80. The summed E-state index contributed by atoms with van der Waals surface area (Å²) in [6, 6.07) is 11.3. The lowest BCUT2D eigenvalue weighted by molar-refractivity contribution is 0.102. The van der Waals surface area contributed by atoms with Gasteiger partial charge >= 0.3 is 0 Å². The first-order valence-corrected chi connectivity index (χ1v) is 7.51. The quantitative estimate of drug-likeness (QED) is 0.581. The van der Waals surface area contributed by atoms with Crippen molar-refractivity contribution in [1.29, 1.82) is 0 Å². The van der Waals surface area contributed by atoms with E-state index in [1.165, 1.54) is 0 Å². The van der Waals surface area contributed by atoms with Gasteiger partial charge in [0.05, 0.1) is 11.3 Å². The van der Waals surface area contributed by atoms with Crippen molar-refractivity contribution < 1.29 is 4.79 Å². The van der Waals surface area contributed by atoms with Crippen molar-refractivity contribution in [1.82, 2.24) is 0 Å². The molecular formula is C16H18BrN3O. The first-order valence-electron chi connectivity index (χ1n) is 6.72. The maximum atomic E-state index is 12.5. The molecule has 0 fully saturated rings. The van der Waals surface area contributed by atoms with E-state index < -0.39 is 0 Å². The summed E-state index contributed by atoms with van der Waals surface area (Å²) in [7, 11) is 0. The Kier molecular flexibility index (Phi) is 4.98. The van der Waals surface area contributed by atoms with E-state index in [-0.39, 0.29) is 5.91 Å². The number of rotatable bonds is 4. The van der Waals surface area contributed by atoms with Crippen molar-refractivity contribution in [3.05, 3.63) is 57.6 Å². The van der Waals surface area contributed by atoms with E-state index in [0.29, 0.717) is 11.3 Å². The lowest BCUT2D eigenvalue weighted by Gasteiger charge is -2.13. The lowest BCUT2D eigenvalue weighted by atomic mass is 10.1. The number of carbonyl (C=O) groups is 1. The first-order chi connectivity index (χ1) is 10.0. The van der Waals surface area contributed by atoms with E-state index >= 15 is 0 Å². The highest BCUT2D eigenvalue weighted by Gasteiger charge is 2.13. The van der Waals surface area contributed by atoms with Crippen LogP contribution < -0.4 is 16.6 Å². The van der Waals surface area contributed by atoms with Crippen LogP contribution in [-0.2, 0) is 6.42 Å². The van der Waals surface area contributed by atoms with E-state index in [1.54, 1.807) is 6.07 Å². The molecule has 5 heteroatoms. The van der Waals surface area contributed by atoms with Crippen molar-refractivity contribution in [2.75, 3.05) is 10.7 Å². The normalized spacial score (nSPS) is 10.3. The number of carbonyl (C=O) groups excluding carboxylic acids is 1. The Hall–Kier alpha value is -1.85. The van der Waals surface area contributed by atoms with E-state index in [2.05, 4.69) is 33.6 Å². The van der Waals surface area contributed by atoms with Crippen LogP contribution in [0.3, 0.4) is 0 Å². The standard InChI is InChI=1S/C16H18BrN3O/c1-3-11-9-12(17)5-7-14(11)19-16(21)13-8-10(2)4-6-15(13)20-18/h4-9,20H,3,18H2,1-2H3,(H,19,21). The zero-order valence-electron chi connectivity index (χ0n) is 12.0. The molecule has 0 atom stereocenters. The molecule has 21 heavy (non-hydrogen) atoms. The number of amides is 1. The van der Waals surface area contributed by atoms with Crippen LogP contribution in [0.1, 0.15) is 28.4 Å². The van der Waals surface area contributed by atoms with Gasteiger partial charge in [0.25, 0.3) is 5.91 Å². The Labute approximate surface area is 132 Å². The topological polar surface area (TPSA) is 67.2 Å². The van der Waals surface area contributed by atoms with Crippen LogP contribution in [0.25, 0.3) is 0 Å². The van der Waals surface area contributed by atoms with Gasteiger partial charge in [-0.25, -0.2) is 0 Å². The van der Waals surface area contributed by atoms with Gasteiger partial charge in [-0.05, 0) is 49.2 Å². The molecule has 0 unspecified atom stereocenters. The second-order valence-corrected chi connectivity index (χ2v) is 5.72. The predicted molar refractivity (Wildman–Crippen MR) is 90.5 cm³/mol. The summed E-state index contributed by atoms with van der Waals surface area (Å²) >= 11 is 3.44. The number of nitrogen functional groups attached to an aromatic ring is 1. The average molecular weight is 348 g/mol. The molecule has 0 aromatic heterocycles. The Balaban J connectivity index is 2.32. The SMILES string of the molecule is CCc1cc(Br)ccc1NC(=O)c1cc(C)ccc1NN. The summed E-state index contributed by atoms with van der Waals surface area (Å²) in [5.74, 6) is 5.29. The number of hydrazine groups is 1. The molecule has 0 aliphatic carbocycles. The number of halogens is 1. The van der Waals surface area contributed by atoms with E-state index in [4.69, 9.17) is 5.84 Å². The van der Waals surface area contributed by atoms with Gasteiger partial charge in [-0.3, -0.25) is 10.6 Å². The molecule has 110 valence electrons.